The van der Waals surface area contributed by atoms with E-state index in [1.165, 1.54) is 18.3 Å². The number of imidazole rings is 1. The van der Waals surface area contributed by atoms with Crippen molar-refractivity contribution in [1.29, 1.82) is 0 Å². The molecule has 5 nitrogen and oxygen atoms in total. The van der Waals surface area contributed by atoms with Crippen LogP contribution in [0.1, 0.15) is 12.4 Å². The molecule has 0 bridgehead atoms. The second-order valence-electron chi connectivity index (χ2n) is 3.85. The van der Waals surface area contributed by atoms with Crippen LogP contribution in [0.2, 0.25) is 5.02 Å². The Balaban J connectivity index is 2.16. The van der Waals surface area contributed by atoms with Gasteiger partial charge in [0.15, 0.2) is 5.82 Å². The van der Waals surface area contributed by atoms with Crippen molar-refractivity contribution < 1.29 is 21.9 Å². The number of hydrogen-bond donors (Lipinski definition) is 0. The molecule has 1 aromatic carbocycles. The van der Waals surface area contributed by atoms with E-state index < -0.39 is 15.6 Å². The summed E-state index contributed by atoms with van der Waals surface area (Å²) in [5.74, 6) is 0.139. The zero-order valence-electron chi connectivity index (χ0n) is 10.2. The second-order valence-corrected chi connectivity index (χ2v) is 6.82. The Morgan fingerprint density at radius 1 is 1.38 bits per heavy atom. The number of halogens is 4. The van der Waals surface area contributed by atoms with Crippen molar-refractivity contribution in [3.63, 3.8) is 0 Å². The van der Waals surface area contributed by atoms with Gasteiger partial charge in [-0.1, -0.05) is 11.6 Å². The van der Waals surface area contributed by atoms with Crippen LogP contribution in [-0.4, -0.2) is 18.0 Å². The van der Waals surface area contributed by atoms with Crippen molar-refractivity contribution in [3.05, 3.63) is 41.4 Å². The number of nitrogens with zero attached hydrogens (tertiary/aromatic N) is 2. The molecule has 0 saturated carbocycles. The molecule has 0 saturated heterocycles. The minimum atomic E-state index is -3.90. The first kappa shape index (κ1) is 16.0. The van der Waals surface area contributed by atoms with E-state index in [4.69, 9.17) is 27.0 Å². The van der Waals surface area contributed by atoms with E-state index >= 15 is 0 Å². The van der Waals surface area contributed by atoms with E-state index in [9.17, 15) is 17.2 Å². The van der Waals surface area contributed by atoms with E-state index in [0.29, 0.717) is 4.57 Å². The molecule has 0 spiro atoms. The van der Waals surface area contributed by atoms with Crippen LogP contribution in [0.3, 0.4) is 0 Å². The van der Waals surface area contributed by atoms with E-state index in [2.05, 4.69) is 4.98 Å². The molecule has 2 rings (SSSR count). The highest BCUT2D eigenvalue weighted by Gasteiger charge is 2.15. The standard InChI is InChI=1S/C11H8Cl2F2N2O3S/c12-8-5-7(21(13,18)19)1-2-9(8)20-6-10-16-3-4-17(10)11(14)15/h1-5,11H,6H2. The lowest BCUT2D eigenvalue weighted by atomic mass is 10.3. The van der Waals surface area contributed by atoms with E-state index in [1.807, 2.05) is 0 Å². The Labute approximate surface area is 128 Å². The highest BCUT2D eigenvalue weighted by molar-refractivity contribution is 8.13. The van der Waals surface area contributed by atoms with Crippen LogP contribution in [0.25, 0.3) is 0 Å². The molecular weight excluding hydrogens is 349 g/mol. The number of benzene rings is 1. The van der Waals surface area contributed by atoms with Gasteiger partial charge in [-0.15, -0.1) is 0 Å². The minimum absolute atomic E-state index is 0.00752. The summed E-state index contributed by atoms with van der Waals surface area (Å²) in [6, 6.07) is 3.59. The van der Waals surface area contributed by atoms with Gasteiger partial charge < -0.3 is 4.74 Å². The van der Waals surface area contributed by atoms with Gasteiger partial charge in [0.1, 0.15) is 12.4 Å². The molecule has 21 heavy (non-hydrogen) atoms. The topological polar surface area (TPSA) is 61.2 Å². The molecule has 0 fully saturated rings. The SMILES string of the molecule is O=S(=O)(Cl)c1ccc(OCc2nccn2C(F)F)c(Cl)c1. The van der Waals surface area contributed by atoms with Gasteiger partial charge in [-0.05, 0) is 18.2 Å². The van der Waals surface area contributed by atoms with Gasteiger partial charge in [0, 0.05) is 23.1 Å². The van der Waals surface area contributed by atoms with Crippen LogP contribution in [0.15, 0.2) is 35.5 Å². The summed E-state index contributed by atoms with van der Waals surface area (Å²) in [7, 11) is 1.27. The predicted molar refractivity (Wildman–Crippen MR) is 72.3 cm³/mol. The van der Waals surface area contributed by atoms with Gasteiger partial charge in [0.25, 0.3) is 9.05 Å². The molecule has 0 aliphatic rings. The first-order chi connectivity index (χ1) is 9.79. The fourth-order valence-electron chi connectivity index (χ4n) is 1.53. The highest BCUT2D eigenvalue weighted by Crippen LogP contribution is 2.29. The first-order valence-electron chi connectivity index (χ1n) is 5.46. The molecule has 0 aliphatic carbocycles. The fourth-order valence-corrected chi connectivity index (χ4v) is 2.60. The molecule has 114 valence electrons. The third kappa shape index (κ3) is 3.84. The average Bonchev–Trinajstić information content (AvgIpc) is 2.84. The summed E-state index contributed by atoms with van der Waals surface area (Å²) in [5.41, 5.74) is 0. The number of aromatic nitrogens is 2. The normalized spacial score (nSPS) is 11.9. The molecule has 0 unspecified atom stereocenters. The molecular formula is C11H8Cl2F2N2O3S. The fraction of sp³-hybridized carbons (Fsp3) is 0.182. The third-order valence-corrected chi connectivity index (χ3v) is 4.15. The Hall–Kier alpha value is -1.38. The van der Waals surface area contributed by atoms with Crippen molar-refractivity contribution in [2.75, 3.05) is 0 Å². The van der Waals surface area contributed by atoms with Crippen LogP contribution in [0.5, 0.6) is 5.75 Å². The lowest BCUT2D eigenvalue weighted by Crippen LogP contribution is -2.07. The van der Waals surface area contributed by atoms with Crippen molar-refractivity contribution in [1.82, 2.24) is 9.55 Å². The number of alkyl halides is 2. The van der Waals surface area contributed by atoms with Crippen LogP contribution in [0, 0.1) is 0 Å². The average molecular weight is 357 g/mol. The molecule has 0 aliphatic heterocycles. The first-order valence-corrected chi connectivity index (χ1v) is 8.14. The van der Waals surface area contributed by atoms with Crippen LogP contribution < -0.4 is 4.74 Å². The summed E-state index contributed by atoms with van der Waals surface area (Å²) in [6.07, 6.45) is 2.34. The maximum atomic E-state index is 12.6. The lowest BCUT2D eigenvalue weighted by molar-refractivity contribution is 0.0632. The Kier molecular flexibility index (Phi) is 4.70. The van der Waals surface area contributed by atoms with Crippen molar-refractivity contribution in [3.8, 4) is 5.75 Å². The van der Waals surface area contributed by atoms with Gasteiger partial charge in [-0.25, -0.2) is 13.4 Å². The van der Waals surface area contributed by atoms with Gasteiger partial charge in [0.2, 0.25) is 0 Å². The largest absolute Gasteiger partial charge is 0.484 e. The molecule has 1 aromatic heterocycles. The maximum absolute atomic E-state index is 12.6. The molecule has 0 radical (unpaired) electrons. The molecule has 1 heterocycles. The van der Waals surface area contributed by atoms with Crippen LogP contribution in [-0.2, 0) is 15.7 Å². The maximum Gasteiger partial charge on any atom is 0.320 e. The Morgan fingerprint density at radius 3 is 2.67 bits per heavy atom. The monoisotopic (exact) mass is 356 g/mol. The summed E-state index contributed by atoms with van der Waals surface area (Å²) < 4.78 is 53.4. The molecule has 10 heteroatoms. The Bertz CT molecular complexity index is 750. The minimum Gasteiger partial charge on any atom is -0.484 e. The summed E-state index contributed by atoms with van der Waals surface area (Å²) >= 11 is 5.85. The Morgan fingerprint density at radius 2 is 2.10 bits per heavy atom. The third-order valence-electron chi connectivity index (χ3n) is 2.50. The van der Waals surface area contributed by atoms with Gasteiger partial charge in [-0.2, -0.15) is 8.78 Å². The van der Waals surface area contributed by atoms with Crippen molar-refractivity contribution in [2.45, 2.75) is 18.1 Å². The van der Waals surface area contributed by atoms with Crippen molar-refractivity contribution in [2.24, 2.45) is 0 Å². The second kappa shape index (κ2) is 6.17. The van der Waals surface area contributed by atoms with Crippen LogP contribution in [0.4, 0.5) is 8.78 Å². The van der Waals surface area contributed by atoms with Gasteiger partial charge >= 0.3 is 6.55 Å². The molecule has 0 N–H and O–H groups in total. The zero-order valence-corrected chi connectivity index (χ0v) is 12.5. The number of rotatable bonds is 5. The smallest absolute Gasteiger partial charge is 0.320 e. The number of hydrogen-bond acceptors (Lipinski definition) is 4. The van der Waals surface area contributed by atoms with Crippen molar-refractivity contribution >= 4 is 31.3 Å². The zero-order chi connectivity index (χ0) is 15.6. The number of ether oxygens (including phenoxy) is 1. The predicted octanol–water partition coefficient (Wildman–Crippen LogP) is 3.44. The molecule has 0 amide bonds. The summed E-state index contributed by atoms with van der Waals surface area (Å²) in [6.45, 7) is -2.98. The van der Waals surface area contributed by atoms with E-state index in [1.54, 1.807) is 0 Å². The highest BCUT2D eigenvalue weighted by atomic mass is 35.7. The molecule has 0 atom stereocenters. The summed E-state index contributed by atoms with van der Waals surface area (Å²) in [5, 5.41) is -0.00752. The quantitative estimate of drug-likeness (QED) is 0.770. The van der Waals surface area contributed by atoms with E-state index in [0.717, 1.165) is 12.3 Å². The van der Waals surface area contributed by atoms with Crippen LogP contribution >= 0.6 is 22.3 Å². The summed E-state index contributed by atoms with van der Waals surface area (Å²) in [4.78, 5) is 3.55. The lowest BCUT2D eigenvalue weighted by Gasteiger charge is -2.10. The van der Waals surface area contributed by atoms with E-state index in [-0.39, 0.29) is 28.1 Å². The van der Waals surface area contributed by atoms with Gasteiger partial charge in [0.05, 0.1) is 9.92 Å². The van der Waals surface area contributed by atoms with Gasteiger partial charge in [-0.3, -0.25) is 4.57 Å². The molecule has 2 aromatic rings.